The van der Waals surface area contributed by atoms with Gasteiger partial charge in [-0.05, 0) is 31.5 Å². The van der Waals surface area contributed by atoms with Crippen molar-refractivity contribution in [1.29, 1.82) is 0 Å². The van der Waals surface area contributed by atoms with Crippen LogP contribution in [0.3, 0.4) is 0 Å². The highest BCUT2D eigenvalue weighted by atomic mass is 16.5. The highest BCUT2D eigenvalue weighted by molar-refractivity contribution is 5.89. The number of aromatic nitrogens is 3. The number of nitrogens with one attached hydrogen (secondary N) is 2. The summed E-state index contributed by atoms with van der Waals surface area (Å²) < 4.78 is 4.95. The highest BCUT2D eigenvalue weighted by Gasteiger charge is 2.11. The van der Waals surface area contributed by atoms with Crippen molar-refractivity contribution in [3.8, 4) is 0 Å². The number of ether oxygens (including phenoxy) is 1. The van der Waals surface area contributed by atoms with E-state index in [4.69, 9.17) is 4.74 Å². The van der Waals surface area contributed by atoms with E-state index in [1.165, 1.54) is 13.3 Å². The van der Waals surface area contributed by atoms with Gasteiger partial charge in [-0.25, -0.2) is 14.8 Å². The molecule has 2 aromatic rings. The SMILES string of the molecule is CCOC(=O)c1ccc(C(C)Nc2ncnc(NC(C)=O)n2)cc1. The summed E-state index contributed by atoms with van der Waals surface area (Å²) in [5, 5.41) is 5.61. The van der Waals surface area contributed by atoms with Crippen LogP contribution in [0.25, 0.3) is 0 Å². The van der Waals surface area contributed by atoms with E-state index in [1.54, 1.807) is 19.1 Å². The van der Waals surface area contributed by atoms with Crippen LogP contribution in [0.15, 0.2) is 30.6 Å². The first-order valence-electron chi connectivity index (χ1n) is 7.50. The lowest BCUT2D eigenvalue weighted by molar-refractivity contribution is -0.114. The molecule has 0 spiro atoms. The average Bonchev–Trinajstić information content (AvgIpc) is 2.55. The van der Waals surface area contributed by atoms with Crippen LogP contribution >= 0.6 is 0 Å². The van der Waals surface area contributed by atoms with Gasteiger partial charge in [-0.15, -0.1) is 0 Å². The van der Waals surface area contributed by atoms with Crippen molar-refractivity contribution in [2.24, 2.45) is 0 Å². The molecule has 1 aromatic heterocycles. The summed E-state index contributed by atoms with van der Waals surface area (Å²) in [6.45, 7) is 5.42. The molecule has 0 saturated carbocycles. The van der Waals surface area contributed by atoms with Crippen LogP contribution < -0.4 is 10.6 Å². The Bertz CT molecular complexity index is 718. The summed E-state index contributed by atoms with van der Waals surface area (Å²) in [5.74, 6) is -0.0718. The molecule has 2 rings (SSSR count). The standard InChI is InChI=1S/C16H19N5O3/c1-4-24-14(23)13-7-5-12(6-8-13)10(2)19-15-17-9-18-16(21-15)20-11(3)22/h5-10H,4H2,1-3H3,(H2,17,18,19,20,21,22). The first-order chi connectivity index (χ1) is 11.5. The van der Waals surface area contributed by atoms with E-state index in [0.29, 0.717) is 18.1 Å². The van der Waals surface area contributed by atoms with Crippen LogP contribution in [0.1, 0.15) is 42.7 Å². The number of benzene rings is 1. The molecule has 0 aliphatic carbocycles. The third-order valence-electron chi connectivity index (χ3n) is 3.13. The van der Waals surface area contributed by atoms with Gasteiger partial charge >= 0.3 is 5.97 Å². The van der Waals surface area contributed by atoms with Crippen LogP contribution in [0, 0.1) is 0 Å². The van der Waals surface area contributed by atoms with E-state index < -0.39 is 0 Å². The first kappa shape index (κ1) is 17.3. The molecule has 1 atom stereocenters. The number of hydrogen-bond acceptors (Lipinski definition) is 7. The fraction of sp³-hybridized carbons (Fsp3) is 0.312. The molecule has 2 N–H and O–H groups in total. The summed E-state index contributed by atoms with van der Waals surface area (Å²) in [6, 6.07) is 6.98. The van der Waals surface area contributed by atoms with E-state index >= 15 is 0 Å². The van der Waals surface area contributed by atoms with Crippen LogP contribution in [0.2, 0.25) is 0 Å². The Balaban J connectivity index is 2.05. The van der Waals surface area contributed by atoms with E-state index in [1.807, 2.05) is 19.1 Å². The number of anilines is 2. The molecule has 1 heterocycles. The average molecular weight is 329 g/mol. The number of esters is 1. The highest BCUT2D eigenvalue weighted by Crippen LogP contribution is 2.18. The molecule has 1 amide bonds. The zero-order valence-electron chi connectivity index (χ0n) is 13.7. The van der Waals surface area contributed by atoms with Crippen molar-refractivity contribution in [3.63, 3.8) is 0 Å². The minimum atomic E-state index is -0.345. The van der Waals surface area contributed by atoms with Gasteiger partial charge in [0, 0.05) is 6.92 Å². The van der Waals surface area contributed by atoms with E-state index in [-0.39, 0.29) is 23.9 Å². The molecule has 0 fully saturated rings. The second-order valence-electron chi connectivity index (χ2n) is 5.02. The Labute approximate surface area is 139 Å². The van der Waals surface area contributed by atoms with Gasteiger partial charge in [0.2, 0.25) is 17.8 Å². The van der Waals surface area contributed by atoms with Crippen molar-refractivity contribution in [1.82, 2.24) is 15.0 Å². The van der Waals surface area contributed by atoms with Crippen LogP contribution in [0.5, 0.6) is 0 Å². The molecule has 0 saturated heterocycles. The summed E-state index contributed by atoms with van der Waals surface area (Å²) in [6.07, 6.45) is 1.32. The second kappa shape index (κ2) is 8.00. The van der Waals surface area contributed by atoms with Gasteiger partial charge in [-0.2, -0.15) is 4.98 Å². The lowest BCUT2D eigenvalue weighted by atomic mass is 10.1. The third kappa shape index (κ3) is 4.73. The normalized spacial score (nSPS) is 11.5. The fourth-order valence-electron chi connectivity index (χ4n) is 1.98. The number of rotatable bonds is 6. The first-order valence-corrected chi connectivity index (χ1v) is 7.50. The van der Waals surface area contributed by atoms with Gasteiger partial charge in [0.1, 0.15) is 6.33 Å². The largest absolute Gasteiger partial charge is 0.462 e. The quantitative estimate of drug-likeness (QED) is 0.782. The molecule has 126 valence electrons. The molecular formula is C16H19N5O3. The van der Waals surface area contributed by atoms with E-state index in [9.17, 15) is 9.59 Å². The van der Waals surface area contributed by atoms with E-state index in [2.05, 4.69) is 25.6 Å². The minimum absolute atomic E-state index is 0.103. The summed E-state index contributed by atoms with van der Waals surface area (Å²) in [5.41, 5.74) is 1.45. The van der Waals surface area contributed by atoms with Crippen molar-refractivity contribution in [3.05, 3.63) is 41.7 Å². The lowest BCUT2D eigenvalue weighted by Gasteiger charge is -2.14. The molecule has 0 aliphatic rings. The minimum Gasteiger partial charge on any atom is -0.462 e. The maximum absolute atomic E-state index is 11.6. The third-order valence-corrected chi connectivity index (χ3v) is 3.13. The van der Waals surface area contributed by atoms with Crippen LogP contribution in [-0.2, 0) is 9.53 Å². The topological polar surface area (TPSA) is 106 Å². The molecule has 0 bridgehead atoms. The predicted octanol–water partition coefficient (Wildman–Crippen LogP) is 2.18. The second-order valence-corrected chi connectivity index (χ2v) is 5.02. The van der Waals surface area contributed by atoms with Gasteiger partial charge in [-0.3, -0.25) is 10.1 Å². The predicted molar refractivity (Wildman–Crippen MR) is 88.6 cm³/mol. The number of hydrogen-bond donors (Lipinski definition) is 2. The summed E-state index contributed by atoms with van der Waals surface area (Å²) in [7, 11) is 0. The van der Waals surface area contributed by atoms with Gasteiger partial charge in [0.15, 0.2) is 0 Å². The van der Waals surface area contributed by atoms with Crippen molar-refractivity contribution < 1.29 is 14.3 Å². The summed E-state index contributed by atoms with van der Waals surface area (Å²) in [4.78, 5) is 34.7. The van der Waals surface area contributed by atoms with Crippen LogP contribution in [0.4, 0.5) is 11.9 Å². The number of amides is 1. The smallest absolute Gasteiger partial charge is 0.338 e. The molecule has 8 heteroatoms. The molecule has 0 aliphatic heterocycles. The Hall–Kier alpha value is -3.03. The molecule has 1 aromatic carbocycles. The van der Waals surface area contributed by atoms with Gasteiger partial charge in [-0.1, -0.05) is 12.1 Å². The monoisotopic (exact) mass is 329 g/mol. The Morgan fingerprint density at radius 1 is 1.17 bits per heavy atom. The zero-order chi connectivity index (χ0) is 17.5. The Morgan fingerprint density at radius 2 is 1.83 bits per heavy atom. The maximum Gasteiger partial charge on any atom is 0.338 e. The van der Waals surface area contributed by atoms with Crippen LogP contribution in [-0.4, -0.2) is 33.4 Å². The van der Waals surface area contributed by atoms with Gasteiger partial charge < -0.3 is 10.1 Å². The maximum atomic E-state index is 11.6. The molecule has 1 unspecified atom stereocenters. The molecule has 24 heavy (non-hydrogen) atoms. The number of carbonyl (C=O) groups excluding carboxylic acids is 2. The van der Waals surface area contributed by atoms with Crippen molar-refractivity contribution in [2.75, 3.05) is 17.2 Å². The zero-order valence-corrected chi connectivity index (χ0v) is 13.7. The summed E-state index contributed by atoms with van der Waals surface area (Å²) >= 11 is 0. The molecule has 0 radical (unpaired) electrons. The van der Waals surface area contributed by atoms with Crippen molar-refractivity contribution in [2.45, 2.75) is 26.8 Å². The number of nitrogens with zero attached hydrogens (tertiary/aromatic N) is 3. The Kier molecular flexibility index (Phi) is 5.78. The van der Waals surface area contributed by atoms with Gasteiger partial charge in [0.05, 0.1) is 18.2 Å². The van der Waals surface area contributed by atoms with Crippen molar-refractivity contribution >= 4 is 23.8 Å². The fourth-order valence-corrected chi connectivity index (χ4v) is 1.98. The van der Waals surface area contributed by atoms with E-state index in [0.717, 1.165) is 5.56 Å². The van der Waals surface area contributed by atoms with Gasteiger partial charge in [0.25, 0.3) is 0 Å². The molecular weight excluding hydrogens is 310 g/mol. The Morgan fingerprint density at radius 3 is 2.46 bits per heavy atom. The lowest BCUT2D eigenvalue weighted by Crippen LogP contribution is -2.14. The molecule has 8 nitrogen and oxygen atoms in total. The number of carbonyl (C=O) groups is 2.